The van der Waals surface area contributed by atoms with Gasteiger partial charge in [0.1, 0.15) is 11.1 Å². The second kappa shape index (κ2) is 4.74. The number of thiazole rings is 1. The molecule has 0 radical (unpaired) electrons. The van der Waals surface area contributed by atoms with Crippen molar-refractivity contribution < 1.29 is 5.11 Å². The van der Waals surface area contributed by atoms with Gasteiger partial charge in [-0.15, -0.1) is 11.3 Å². The van der Waals surface area contributed by atoms with E-state index in [1.54, 1.807) is 0 Å². The number of hydrogen-bond donors (Lipinski definition) is 2. The maximum Gasteiger partial charge on any atom is 0.123 e. The van der Waals surface area contributed by atoms with Crippen LogP contribution >= 0.6 is 11.3 Å². The summed E-state index contributed by atoms with van der Waals surface area (Å²) in [5.41, 5.74) is 8.33. The summed E-state index contributed by atoms with van der Waals surface area (Å²) in [4.78, 5) is 4.38. The molecule has 0 amide bonds. The third kappa shape index (κ3) is 2.29. The summed E-state index contributed by atoms with van der Waals surface area (Å²) in [5, 5.41) is 12.3. The van der Waals surface area contributed by atoms with Gasteiger partial charge in [0.15, 0.2) is 0 Å². The molecule has 0 spiro atoms. The van der Waals surface area contributed by atoms with Crippen LogP contribution in [-0.4, -0.2) is 16.6 Å². The Bertz CT molecular complexity index is 481. The topological polar surface area (TPSA) is 59.1 Å². The highest BCUT2D eigenvalue weighted by molar-refractivity contribution is 7.13. The minimum atomic E-state index is -0.658. The molecule has 0 saturated carbocycles. The second-order valence-electron chi connectivity index (χ2n) is 3.70. The van der Waals surface area contributed by atoms with E-state index < -0.39 is 6.10 Å². The van der Waals surface area contributed by atoms with Crippen molar-refractivity contribution >= 4 is 11.3 Å². The first kappa shape index (κ1) is 11.3. The Labute approximate surface area is 98.6 Å². The number of nitrogens with two attached hydrogens (primary N) is 1. The SMILES string of the molecule is Cc1cccc(-c2nc(C(O)CN)cs2)c1. The maximum absolute atomic E-state index is 9.56. The fourth-order valence-electron chi connectivity index (χ4n) is 1.47. The molecule has 0 aliphatic heterocycles. The van der Waals surface area contributed by atoms with Gasteiger partial charge in [-0.25, -0.2) is 4.98 Å². The van der Waals surface area contributed by atoms with Crippen molar-refractivity contribution in [1.82, 2.24) is 4.98 Å². The largest absolute Gasteiger partial charge is 0.385 e. The van der Waals surface area contributed by atoms with E-state index in [0.29, 0.717) is 5.69 Å². The van der Waals surface area contributed by atoms with Crippen molar-refractivity contribution in [3.05, 3.63) is 40.9 Å². The van der Waals surface area contributed by atoms with Gasteiger partial charge in [-0.05, 0) is 13.0 Å². The predicted molar refractivity (Wildman–Crippen MR) is 66.3 cm³/mol. The van der Waals surface area contributed by atoms with Crippen LogP contribution < -0.4 is 5.73 Å². The average Bonchev–Trinajstić information content (AvgIpc) is 2.77. The lowest BCUT2D eigenvalue weighted by Crippen LogP contribution is -2.11. The summed E-state index contributed by atoms with van der Waals surface area (Å²) >= 11 is 1.53. The number of aryl methyl sites for hydroxylation is 1. The zero-order valence-electron chi connectivity index (χ0n) is 9.05. The minimum Gasteiger partial charge on any atom is -0.385 e. The fourth-order valence-corrected chi connectivity index (χ4v) is 2.33. The van der Waals surface area contributed by atoms with Crippen LogP contribution in [0.25, 0.3) is 10.6 Å². The number of nitrogens with zero attached hydrogens (tertiary/aromatic N) is 1. The Morgan fingerprint density at radius 1 is 1.50 bits per heavy atom. The number of hydrogen-bond acceptors (Lipinski definition) is 4. The first-order chi connectivity index (χ1) is 7.70. The molecule has 0 bridgehead atoms. The van der Waals surface area contributed by atoms with Crippen LogP contribution in [0.1, 0.15) is 17.4 Å². The molecule has 1 aromatic carbocycles. The van der Waals surface area contributed by atoms with E-state index >= 15 is 0 Å². The molecular formula is C12H14N2OS. The molecule has 3 N–H and O–H groups in total. The molecule has 1 atom stereocenters. The summed E-state index contributed by atoms with van der Waals surface area (Å²) in [6.07, 6.45) is -0.658. The van der Waals surface area contributed by atoms with Crippen molar-refractivity contribution in [2.24, 2.45) is 5.73 Å². The zero-order valence-corrected chi connectivity index (χ0v) is 9.87. The smallest absolute Gasteiger partial charge is 0.123 e. The highest BCUT2D eigenvalue weighted by Crippen LogP contribution is 2.26. The summed E-state index contributed by atoms with van der Waals surface area (Å²) in [5.74, 6) is 0. The number of aliphatic hydroxyl groups excluding tert-OH is 1. The van der Waals surface area contributed by atoms with E-state index in [2.05, 4.69) is 11.1 Å². The lowest BCUT2D eigenvalue weighted by atomic mass is 10.1. The summed E-state index contributed by atoms with van der Waals surface area (Å²) in [7, 11) is 0. The second-order valence-corrected chi connectivity index (χ2v) is 4.56. The Morgan fingerprint density at radius 2 is 2.31 bits per heavy atom. The van der Waals surface area contributed by atoms with Crippen molar-refractivity contribution in [2.75, 3.05) is 6.54 Å². The maximum atomic E-state index is 9.56. The minimum absolute atomic E-state index is 0.205. The Balaban J connectivity index is 2.31. The Hall–Kier alpha value is -1.23. The third-order valence-corrected chi connectivity index (χ3v) is 3.26. The van der Waals surface area contributed by atoms with Gasteiger partial charge in [0, 0.05) is 17.5 Å². The molecule has 4 heteroatoms. The number of benzene rings is 1. The van der Waals surface area contributed by atoms with Crippen LogP contribution in [0.15, 0.2) is 29.6 Å². The lowest BCUT2D eigenvalue weighted by Gasteiger charge is -2.02. The number of aliphatic hydroxyl groups is 1. The van der Waals surface area contributed by atoms with E-state index in [-0.39, 0.29) is 6.54 Å². The molecule has 2 rings (SSSR count). The highest BCUT2D eigenvalue weighted by atomic mass is 32.1. The van der Waals surface area contributed by atoms with Crippen molar-refractivity contribution in [3.8, 4) is 10.6 Å². The summed E-state index contributed by atoms with van der Waals surface area (Å²) in [6, 6.07) is 8.15. The fraction of sp³-hybridized carbons (Fsp3) is 0.250. The average molecular weight is 234 g/mol. The van der Waals surface area contributed by atoms with E-state index in [9.17, 15) is 5.11 Å². The quantitative estimate of drug-likeness (QED) is 0.855. The summed E-state index contributed by atoms with van der Waals surface area (Å²) in [6.45, 7) is 2.25. The van der Waals surface area contributed by atoms with E-state index in [4.69, 9.17) is 5.73 Å². The van der Waals surface area contributed by atoms with Crippen LogP contribution in [0, 0.1) is 6.92 Å². The summed E-state index contributed by atoms with van der Waals surface area (Å²) < 4.78 is 0. The lowest BCUT2D eigenvalue weighted by molar-refractivity contribution is 0.182. The normalized spacial score (nSPS) is 12.7. The van der Waals surface area contributed by atoms with E-state index in [1.807, 2.05) is 30.5 Å². The first-order valence-corrected chi connectivity index (χ1v) is 5.99. The molecule has 0 aliphatic carbocycles. The third-order valence-electron chi connectivity index (χ3n) is 2.35. The molecule has 1 unspecified atom stereocenters. The van der Waals surface area contributed by atoms with Crippen molar-refractivity contribution in [2.45, 2.75) is 13.0 Å². The number of rotatable bonds is 3. The molecule has 3 nitrogen and oxygen atoms in total. The molecule has 16 heavy (non-hydrogen) atoms. The van der Waals surface area contributed by atoms with Crippen LogP contribution in [-0.2, 0) is 0 Å². The molecule has 1 aromatic heterocycles. The van der Waals surface area contributed by atoms with E-state index in [0.717, 1.165) is 10.6 Å². The van der Waals surface area contributed by atoms with E-state index in [1.165, 1.54) is 16.9 Å². The van der Waals surface area contributed by atoms with Gasteiger partial charge in [-0.2, -0.15) is 0 Å². The van der Waals surface area contributed by atoms with Crippen LogP contribution in [0.3, 0.4) is 0 Å². The Kier molecular flexibility index (Phi) is 3.33. The number of aromatic nitrogens is 1. The molecular weight excluding hydrogens is 220 g/mol. The Morgan fingerprint density at radius 3 is 3.00 bits per heavy atom. The van der Waals surface area contributed by atoms with Gasteiger partial charge in [0.25, 0.3) is 0 Å². The van der Waals surface area contributed by atoms with Gasteiger partial charge in [0.2, 0.25) is 0 Å². The van der Waals surface area contributed by atoms with Gasteiger partial charge in [-0.3, -0.25) is 0 Å². The van der Waals surface area contributed by atoms with Crippen LogP contribution in [0.4, 0.5) is 0 Å². The standard InChI is InChI=1S/C12H14N2OS/c1-8-3-2-4-9(5-8)12-14-10(7-16-12)11(15)6-13/h2-5,7,11,15H,6,13H2,1H3. The predicted octanol–water partition coefficient (Wildman–Crippen LogP) is 2.11. The van der Waals surface area contributed by atoms with Crippen molar-refractivity contribution in [3.63, 3.8) is 0 Å². The molecule has 0 saturated heterocycles. The van der Waals surface area contributed by atoms with Crippen LogP contribution in [0.2, 0.25) is 0 Å². The van der Waals surface area contributed by atoms with Gasteiger partial charge in [0.05, 0.1) is 5.69 Å². The van der Waals surface area contributed by atoms with Crippen molar-refractivity contribution in [1.29, 1.82) is 0 Å². The van der Waals surface area contributed by atoms with Gasteiger partial charge < -0.3 is 10.8 Å². The zero-order chi connectivity index (χ0) is 11.5. The molecule has 0 aliphatic rings. The van der Waals surface area contributed by atoms with Crippen LogP contribution in [0.5, 0.6) is 0 Å². The van der Waals surface area contributed by atoms with Gasteiger partial charge >= 0.3 is 0 Å². The molecule has 84 valence electrons. The molecule has 2 aromatic rings. The molecule has 1 heterocycles. The molecule has 0 fully saturated rings. The van der Waals surface area contributed by atoms with Gasteiger partial charge in [-0.1, -0.05) is 23.8 Å². The first-order valence-electron chi connectivity index (χ1n) is 5.11. The highest BCUT2D eigenvalue weighted by Gasteiger charge is 2.10. The monoisotopic (exact) mass is 234 g/mol.